The van der Waals surface area contributed by atoms with Crippen LogP contribution in [0.3, 0.4) is 0 Å². The lowest BCUT2D eigenvalue weighted by Crippen LogP contribution is -2.41. The summed E-state index contributed by atoms with van der Waals surface area (Å²) in [5.41, 5.74) is -0.876. The van der Waals surface area contributed by atoms with Gasteiger partial charge in [-0.1, -0.05) is 11.6 Å². The molecular formula is C24H17ClF3N7O3. The summed E-state index contributed by atoms with van der Waals surface area (Å²) in [6.07, 6.45) is 4.28. The van der Waals surface area contributed by atoms with Gasteiger partial charge in [0.2, 0.25) is 5.95 Å². The van der Waals surface area contributed by atoms with Crippen molar-refractivity contribution in [2.45, 2.75) is 13.2 Å². The van der Waals surface area contributed by atoms with Crippen LogP contribution in [0.2, 0.25) is 5.02 Å². The molecule has 0 unspecified atom stereocenters. The zero-order chi connectivity index (χ0) is 27.1. The highest BCUT2D eigenvalue weighted by atomic mass is 35.5. The predicted octanol–water partition coefficient (Wildman–Crippen LogP) is 3.03. The van der Waals surface area contributed by atoms with Crippen molar-refractivity contribution in [3.63, 3.8) is 0 Å². The number of fused-ring (bicyclic) bond motifs is 1. The number of aromatic nitrogens is 6. The molecule has 0 aliphatic heterocycles. The average molecular weight is 544 g/mol. The van der Waals surface area contributed by atoms with E-state index in [4.69, 9.17) is 11.6 Å². The summed E-state index contributed by atoms with van der Waals surface area (Å²) in [6, 6.07) is 6.01. The Labute approximate surface area is 216 Å². The van der Waals surface area contributed by atoms with Crippen molar-refractivity contribution in [1.82, 2.24) is 28.9 Å². The van der Waals surface area contributed by atoms with Gasteiger partial charge in [-0.3, -0.25) is 14.2 Å². The summed E-state index contributed by atoms with van der Waals surface area (Å²) in [4.78, 5) is 34.5. The van der Waals surface area contributed by atoms with E-state index in [0.29, 0.717) is 21.0 Å². The molecule has 5 aromatic rings. The topological polar surface area (TPSA) is 120 Å². The van der Waals surface area contributed by atoms with Gasteiger partial charge < -0.3 is 10.4 Å². The molecule has 3 heterocycles. The standard InChI is InChI=1S/C24H17ClF3N7O3/c1-33-10-14-5-20(16(25)6-19(14)32-33)30-22-31-23(37)35(15-2-13(11-36)7-29-8-15)24(38)34(22)9-12-3-17(26)21(28)18(27)4-12/h2-8,10,36H,9,11H2,1H3,(H,30,31,37). The van der Waals surface area contributed by atoms with Gasteiger partial charge in [0, 0.05) is 24.8 Å². The molecular weight excluding hydrogens is 527 g/mol. The molecule has 0 saturated carbocycles. The van der Waals surface area contributed by atoms with Crippen LogP contribution in [0, 0.1) is 17.5 Å². The first-order valence-electron chi connectivity index (χ1n) is 11.0. The van der Waals surface area contributed by atoms with Gasteiger partial charge in [0.1, 0.15) is 0 Å². The fraction of sp³-hybridized carbons (Fsp3) is 0.125. The van der Waals surface area contributed by atoms with Crippen LogP contribution in [0.15, 0.2) is 58.5 Å². The molecule has 2 aromatic carbocycles. The Hall–Kier alpha value is -4.49. The molecule has 14 heteroatoms. The van der Waals surface area contributed by atoms with Gasteiger partial charge in [0.25, 0.3) is 0 Å². The van der Waals surface area contributed by atoms with Gasteiger partial charge >= 0.3 is 11.4 Å². The second kappa shape index (κ2) is 9.76. The normalized spacial score (nSPS) is 11.3. The number of aryl methyl sites for hydroxylation is 1. The Morgan fingerprint density at radius 1 is 1.03 bits per heavy atom. The molecule has 0 radical (unpaired) electrons. The number of aliphatic hydroxyl groups is 1. The fourth-order valence-corrected chi connectivity index (χ4v) is 4.11. The van der Waals surface area contributed by atoms with Crippen LogP contribution in [-0.4, -0.2) is 34.0 Å². The number of pyridine rings is 1. The van der Waals surface area contributed by atoms with E-state index in [0.717, 1.165) is 16.7 Å². The van der Waals surface area contributed by atoms with Crippen LogP contribution in [0.4, 0.5) is 24.8 Å². The third-order valence-corrected chi connectivity index (χ3v) is 5.94. The first-order chi connectivity index (χ1) is 18.1. The summed E-state index contributed by atoms with van der Waals surface area (Å²) in [6.45, 7) is -0.900. The predicted molar refractivity (Wildman–Crippen MR) is 132 cm³/mol. The average Bonchev–Trinajstić information content (AvgIpc) is 3.23. The first-order valence-corrected chi connectivity index (χ1v) is 11.3. The lowest BCUT2D eigenvalue weighted by atomic mass is 10.2. The number of rotatable bonds is 6. The molecule has 0 fully saturated rings. The fourth-order valence-electron chi connectivity index (χ4n) is 3.90. The Morgan fingerprint density at radius 3 is 2.47 bits per heavy atom. The molecule has 3 aromatic heterocycles. The molecule has 0 atom stereocenters. The number of aliphatic hydroxyl groups excluding tert-OH is 1. The minimum Gasteiger partial charge on any atom is -0.392 e. The lowest BCUT2D eigenvalue weighted by molar-refractivity contribution is 0.281. The van der Waals surface area contributed by atoms with Crippen LogP contribution in [0.1, 0.15) is 11.1 Å². The second-order valence-electron chi connectivity index (χ2n) is 8.32. The molecule has 0 amide bonds. The second-order valence-corrected chi connectivity index (χ2v) is 8.73. The monoisotopic (exact) mass is 543 g/mol. The van der Waals surface area contributed by atoms with Crippen molar-refractivity contribution < 1.29 is 18.3 Å². The molecule has 0 bridgehead atoms. The smallest absolute Gasteiger partial charge is 0.359 e. The SMILES string of the molecule is Cn1cc2cc(Nc3nc(=O)n(-c4cncc(CO)c4)c(=O)n3Cc3cc(F)c(F)c(F)c3)c(Cl)cc2n1. The summed E-state index contributed by atoms with van der Waals surface area (Å²) in [5, 5.41) is 17.4. The number of hydrogen-bond donors (Lipinski definition) is 2. The van der Waals surface area contributed by atoms with Crippen LogP contribution >= 0.6 is 11.6 Å². The van der Waals surface area contributed by atoms with Crippen molar-refractivity contribution in [2.24, 2.45) is 7.05 Å². The molecule has 5 rings (SSSR count). The zero-order valence-corrected chi connectivity index (χ0v) is 20.2. The number of nitrogens with zero attached hydrogens (tertiary/aromatic N) is 6. The molecule has 2 N–H and O–H groups in total. The summed E-state index contributed by atoms with van der Waals surface area (Å²) < 4.78 is 44.6. The number of nitrogens with one attached hydrogen (secondary N) is 1. The number of benzene rings is 2. The summed E-state index contributed by atoms with van der Waals surface area (Å²) in [7, 11) is 1.72. The van der Waals surface area contributed by atoms with Crippen molar-refractivity contribution >= 4 is 34.1 Å². The van der Waals surface area contributed by atoms with E-state index in [1.807, 2.05) is 0 Å². The molecule has 0 saturated heterocycles. The number of hydrogen-bond acceptors (Lipinski definition) is 7. The van der Waals surface area contributed by atoms with Gasteiger partial charge in [-0.15, -0.1) is 0 Å². The van der Waals surface area contributed by atoms with Gasteiger partial charge in [-0.05, 0) is 41.5 Å². The maximum Gasteiger partial charge on any atom is 0.359 e. The van der Waals surface area contributed by atoms with Crippen LogP contribution in [0.5, 0.6) is 0 Å². The van der Waals surface area contributed by atoms with Crippen molar-refractivity contribution in [2.75, 3.05) is 5.32 Å². The molecule has 38 heavy (non-hydrogen) atoms. The Kier molecular flexibility index (Phi) is 6.46. The first kappa shape index (κ1) is 25.2. The van der Waals surface area contributed by atoms with E-state index in [1.54, 1.807) is 30.1 Å². The Bertz CT molecular complexity index is 1810. The minimum absolute atomic E-state index is 0.00521. The third kappa shape index (κ3) is 4.64. The Balaban J connectivity index is 1.69. The molecule has 0 aliphatic carbocycles. The van der Waals surface area contributed by atoms with Crippen molar-refractivity contribution in [3.05, 3.63) is 103 Å². The summed E-state index contributed by atoms with van der Waals surface area (Å²) in [5.74, 6) is -4.86. The quantitative estimate of drug-likeness (QED) is 0.316. The van der Waals surface area contributed by atoms with Crippen LogP contribution in [0.25, 0.3) is 16.6 Å². The number of halogens is 4. The third-order valence-electron chi connectivity index (χ3n) is 5.63. The molecule has 10 nitrogen and oxygen atoms in total. The van der Waals surface area contributed by atoms with E-state index in [2.05, 4.69) is 20.4 Å². The van der Waals surface area contributed by atoms with Gasteiger partial charge in [0.15, 0.2) is 17.5 Å². The van der Waals surface area contributed by atoms with Gasteiger partial charge in [0.05, 0.1) is 41.3 Å². The van der Waals surface area contributed by atoms with E-state index in [-0.39, 0.29) is 27.9 Å². The van der Waals surface area contributed by atoms with Crippen LogP contribution in [-0.2, 0) is 20.2 Å². The van der Waals surface area contributed by atoms with E-state index < -0.39 is 42.0 Å². The van der Waals surface area contributed by atoms with Gasteiger partial charge in [-0.25, -0.2) is 27.3 Å². The van der Waals surface area contributed by atoms with E-state index in [1.165, 1.54) is 18.5 Å². The van der Waals surface area contributed by atoms with E-state index in [9.17, 15) is 27.9 Å². The molecule has 0 aliphatic rings. The minimum atomic E-state index is -1.66. The maximum absolute atomic E-state index is 13.9. The Morgan fingerprint density at radius 2 is 1.76 bits per heavy atom. The summed E-state index contributed by atoms with van der Waals surface area (Å²) >= 11 is 6.39. The highest BCUT2D eigenvalue weighted by molar-refractivity contribution is 6.34. The van der Waals surface area contributed by atoms with Crippen LogP contribution < -0.4 is 16.7 Å². The largest absolute Gasteiger partial charge is 0.392 e. The highest BCUT2D eigenvalue weighted by Gasteiger charge is 2.19. The van der Waals surface area contributed by atoms with E-state index >= 15 is 0 Å². The van der Waals surface area contributed by atoms with Gasteiger partial charge in [-0.2, -0.15) is 10.1 Å². The molecule has 194 valence electrons. The highest BCUT2D eigenvalue weighted by Crippen LogP contribution is 2.29. The molecule has 0 spiro atoms. The zero-order valence-electron chi connectivity index (χ0n) is 19.5. The lowest BCUT2D eigenvalue weighted by Gasteiger charge is -2.16. The number of anilines is 2. The van der Waals surface area contributed by atoms with Crippen molar-refractivity contribution in [1.29, 1.82) is 0 Å². The maximum atomic E-state index is 13.9. The van der Waals surface area contributed by atoms with Crippen molar-refractivity contribution in [3.8, 4) is 5.69 Å².